The van der Waals surface area contributed by atoms with Gasteiger partial charge < -0.3 is 10.2 Å². The zero-order valence-electron chi connectivity index (χ0n) is 7.84. The van der Waals surface area contributed by atoms with Crippen LogP contribution in [0.5, 0.6) is 0 Å². The molecule has 3 N–H and O–H groups in total. The highest BCUT2D eigenvalue weighted by Crippen LogP contribution is 2.23. The molecule has 2 aromatic rings. The van der Waals surface area contributed by atoms with Crippen LogP contribution < -0.4 is 0 Å². The maximum Gasteiger partial charge on any atom is 0.306 e. The average molecular weight is 206 g/mol. The summed E-state index contributed by atoms with van der Waals surface area (Å²) in [6, 6.07) is 7.23. The summed E-state index contributed by atoms with van der Waals surface area (Å²) in [4.78, 5) is 10.4. The molecule has 2 rings (SSSR count). The minimum absolute atomic E-state index is 0.327. The van der Waals surface area contributed by atoms with E-state index in [0.29, 0.717) is 5.69 Å². The lowest BCUT2D eigenvalue weighted by atomic mass is 10.1. The van der Waals surface area contributed by atoms with E-state index in [9.17, 15) is 9.90 Å². The number of aliphatic carboxylic acids is 1. The minimum atomic E-state index is -1.05. The number of para-hydroxylation sites is 1. The van der Waals surface area contributed by atoms with Crippen LogP contribution in [-0.2, 0) is 4.79 Å². The van der Waals surface area contributed by atoms with E-state index in [1.54, 1.807) is 12.1 Å². The topological polar surface area (TPSA) is 86.2 Å². The highest BCUT2D eigenvalue weighted by Gasteiger charge is 2.16. The molecule has 1 aromatic heterocycles. The first-order valence-electron chi connectivity index (χ1n) is 4.51. The molecule has 0 spiro atoms. The second-order valence-corrected chi connectivity index (χ2v) is 3.27. The van der Waals surface area contributed by atoms with Crippen molar-refractivity contribution in [2.45, 2.75) is 12.5 Å². The number of rotatable bonds is 3. The number of benzene rings is 1. The number of aliphatic hydroxyl groups is 1. The largest absolute Gasteiger partial charge is 0.481 e. The third-order valence-corrected chi connectivity index (χ3v) is 2.19. The van der Waals surface area contributed by atoms with Gasteiger partial charge in [0.2, 0.25) is 0 Å². The zero-order valence-corrected chi connectivity index (χ0v) is 7.84. The predicted octanol–water partition coefficient (Wildman–Crippen LogP) is 1.07. The molecule has 0 aliphatic heterocycles. The number of fused-ring (bicyclic) bond motifs is 1. The van der Waals surface area contributed by atoms with E-state index < -0.39 is 12.1 Å². The maximum atomic E-state index is 10.4. The zero-order chi connectivity index (χ0) is 10.8. The van der Waals surface area contributed by atoms with Crippen LogP contribution in [0.3, 0.4) is 0 Å². The lowest BCUT2D eigenvalue weighted by Crippen LogP contribution is -2.06. The minimum Gasteiger partial charge on any atom is -0.481 e. The fourth-order valence-corrected chi connectivity index (χ4v) is 1.50. The van der Waals surface area contributed by atoms with Gasteiger partial charge in [0.25, 0.3) is 0 Å². The van der Waals surface area contributed by atoms with Gasteiger partial charge in [0, 0.05) is 5.39 Å². The molecule has 1 atom stereocenters. The summed E-state index contributed by atoms with van der Waals surface area (Å²) in [7, 11) is 0. The SMILES string of the molecule is O=C(O)C[C@H](O)c1[nH]nc2ccccc12. The predicted molar refractivity (Wildman–Crippen MR) is 53.3 cm³/mol. The van der Waals surface area contributed by atoms with Gasteiger partial charge in [0.1, 0.15) is 6.10 Å². The van der Waals surface area contributed by atoms with Crippen molar-refractivity contribution in [2.75, 3.05) is 0 Å². The molecule has 5 nitrogen and oxygen atoms in total. The van der Waals surface area contributed by atoms with Gasteiger partial charge in [-0.2, -0.15) is 5.10 Å². The Morgan fingerprint density at radius 2 is 2.20 bits per heavy atom. The van der Waals surface area contributed by atoms with Crippen molar-refractivity contribution in [1.82, 2.24) is 10.2 Å². The summed E-state index contributed by atoms with van der Waals surface area (Å²) in [6.07, 6.45) is -1.37. The van der Waals surface area contributed by atoms with Crippen molar-refractivity contribution < 1.29 is 15.0 Å². The molecule has 0 fully saturated rings. The van der Waals surface area contributed by atoms with E-state index in [1.165, 1.54) is 0 Å². The molecule has 0 saturated carbocycles. The van der Waals surface area contributed by atoms with Gasteiger partial charge in [-0.3, -0.25) is 9.89 Å². The van der Waals surface area contributed by atoms with Gasteiger partial charge in [-0.15, -0.1) is 0 Å². The van der Waals surface area contributed by atoms with Crippen LogP contribution in [0, 0.1) is 0 Å². The highest BCUT2D eigenvalue weighted by atomic mass is 16.4. The molecule has 0 amide bonds. The van der Waals surface area contributed by atoms with Crippen LogP contribution in [0.1, 0.15) is 18.2 Å². The number of aromatic amines is 1. The Balaban J connectivity index is 2.39. The Morgan fingerprint density at radius 3 is 2.93 bits per heavy atom. The fourth-order valence-electron chi connectivity index (χ4n) is 1.50. The van der Waals surface area contributed by atoms with Crippen molar-refractivity contribution >= 4 is 16.9 Å². The van der Waals surface area contributed by atoms with Crippen molar-refractivity contribution in [3.05, 3.63) is 30.0 Å². The first-order chi connectivity index (χ1) is 7.18. The molecule has 1 aromatic carbocycles. The summed E-state index contributed by atoms with van der Waals surface area (Å²) >= 11 is 0. The Labute approximate surface area is 85.4 Å². The maximum absolute atomic E-state index is 10.4. The molecule has 0 saturated heterocycles. The Hall–Kier alpha value is -1.88. The number of nitrogens with zero attached hydrogens (tertiary/aromatic N) is 1. The summed E-state index contributed by atoms with van der Waals surface area (Å²) < 4.78 is 0. The Morgan fingerprint density at radius 1 is 1.47 bits per heavy atom. The lowest BCUT2D eigenvalue weighted by Gasteiger charge is -2.04. The number of aromatic nitrogens is 2. The fraction of sp³-hybridized carbons (Fsp3) is 0.200. The molecule has 0 radical (unpaired) electrons. The molecule has 5 heteroatoms. The quantitative estimate of drug-likeness (QED) is 0.701. The first-order valence-corrected chi connectivity index (χ1v) is 4.51. The molecule has 78 valence electrons. The number of H-pyrrole nitrogens is 1. The van der Waals surface area contributed by atoms with E-state index >= 15 is 0 Å². The van der Waals surface area contributed by atoms with Gasteiger partial charge in [0.05, 0.1) is 17.6 Å². The van der Waals surface area contributed by atoms with Crippen LogP contribution in [0.4, 0.5) is 0 Å². The molecule has 0 bridgehead atoms. The normalized spacial score (nSPS) is 12.9. The van der Waals surface area contributed by atoms with Crippen molar-refractivity contribution in [3.63, 3.8) is 0 Å². The molecular weight excluding hydrogens is 196 g/mol. The Bertz CT molecular complexity index is 492. The number of hydrogen-bond acceptors (Lipinski definition) is 3. The van der Waals surface area contributed by atoms with Crippen molar-refractivity contribution in [3.8, 4) is 0 Å². The number of carbonyl (C=O) groups is 1. The number of carboxylic acid groups (broad SMARTS) is 1. The van der Waals surface area contributed by atoms with Gasteiger partial charge in [0.15, 0.2) is 0 Å². The number of carboxylic acids is 1. The number of aliphatic hydroxyl groups excluding tert-OH is 1. The lowest BCUT2D eigenvalue weighted by molar-refractivity contribution is -0.139. The van der Waals surface area contributed by atoms with Gasteiger partial charge in [-0.05, 0) is 6.07 Å². The molecule has 0 aliphatic rings. The summed E-state index contributed by atoms with van der Waals surface area (Å²) in [5, 5.41) is 25.6. The summed E-state index contributed by atoms with van der Waals surface area (Å²) in [5.41, 5.74) is 1.17. The first kappa shape index (κ1) is 9.67. The second-order valence-electron chi connectivity index (χ2n) is 3.27. The molecule has 0 aliphatic carbocycles. The average Bonchev–Trinajstić information content (AvgIpc) is 2.59. The number of hydrogen-bond donors (Lipinski definition) is 3. The van der Waals surface area contributed by atoms with E-state index in [1.807, 2.05) is 12.1 Å². The van der Waals surface area contributed by atoms with Gasteiger partial charge in [-0.1, -0.05) is 18.2 Å². The third-order valence-electron chi connectivity index (χ3n) is 2.19. The van der Waals surface area contributed by atoms with Crippen molar-refractivity contribution in [2.24, 2.45) is 0 Å². The monoisotopic (exact) mass is 206 g/mol. The van der Waals surface area contributed by atoms with Gasteiger partial charge in [-0.25, -0.2) is 0 Å². The van der Waals surface area contributed by atoms with Crippen LogP contribution in [0.2, 0.25) is 0 Å². The van der Waals surface area contributed by atoms with Crippen LogP contribution in [0.25, 0.3) is 10.9 Å². The highest BCUT2D eigenvalue weighted by molar-refractivity contribution is 5.82. The third kappa shape index (κ3) is 1.82. The molecule has 0 unspecified atom stereocenters. The van der Waals surface area contributed by atoms with E-state index in [-0.39, 0.29) is 6.42 Å². The second kappa shape index (κ2) is 3.70. The standard InChI is InChI=1S/C10H10N2O3/c13-8(5-9(14)15)10-6-3-1-2-4-7(6)11-12-10/h1-4,8,13H,5H2,(H,11,12)(H,14,15)/t8-/m0/s1. The number of nitrogens with one attached hydrogen (secondary N) is 1. The van der Waals surface area contributed by atoms with Gasteiger partial charge >= 0.3 is 5.97 Å². The molecule has 1 heterocycles. The van der Waals surface area contributed by atoms with Crippen LogP contribution >= 0.6 is 0 Å². The molecular formula is C10H10N2O3. The van der Waals surface area contributed by atoms with Crippen LogP contribution in [-0.4, -0.2) is 26.4 Å². The summed E-state index contributed by atoms with van der Waals surface area (Å²) in [6.45, 7) is 0. The summed E-state index contributed by atoms with van der Waals surface area (Å²) in [5.74, 6) is -1.04. The van der Waals surface area contributed by atoms with E-state index in [2.05, 4.69) is 10.2 Å². The smallest absolute Gasteiger partial charge is 0.306 e. The van der Waals surface area contributed by atoms with E-state index in [0.717, 1.165) is 10.9 Å². The van der Waals surface area contributed by atoms with E-state index in [4.69, 9.17) is 5.11 Å². The van der Waals surface area contributed by atoms with Crippen molar-refractivity contribution in [1.29, 1.82) is 0 Å². The van der Waals surface area contributed by atoms with Crippen LogP contribution in [0.15, 0.2) is 24.3 Å². The Kier molecular flexibility index (Phi) is 2.39. The molecule has 15 heavy (non-hydrogen) atoms.